The molecule has 0 spiro atoms. The maximum absolute atomic E-state index is 5.41. The summed E-state index contributed by atoms with van der Waals surface area (Å²) in [4.78, 5) is 0. The van der Waals surface area contributed by atoms with Gasteiger partial charge in [0.1, 0.15) is 21.5 Å². The molecular weight excluding hydrogens is 559 g/mol. The van der Waals surface area contributed by atoms with Gasteiger partial charge >= 0.3 is 0 Å². The van der Waals surface area contributed by atoms with Gasteiger partial charge in [-0.25, -0.2) is 0 Å². The molecule has 4 heteroatoms. The van der Waals surface area contributed by atoms with Gasteiger partial charge in [-0.2, -0.15) is 0 Å². The molecule has 1 N–H and O–H groups in total. The van der Waals surface area contributed by atoms with Crippen LogP contribution in [0.1, 0.15) is 25.0 Å². The molecule has 0 aliphatic carbocycles. The fourth-order valence-electron chi connectivity index (χ4n) is 6.24. The summed E-state index contributed by atoms with van der Waals surface area (Å²) in [5.41, 5.74) is 6.47. The standard InChI is InChI=1S/C35H32N2P.BrH/c1-34(2)33(36-37-35(34,28-18-8-3-9-19-28)29-20-10-4-11-21-29)38(30-22-12-5-13-23-30,31-24-14-6-15-25-31)32-26-16-7-17-27-32;/h3-27,37H,1-2H3;1H/q+1;. The Morgan fingerprint density at radius 3 is 1.13 bits per heavy atom. The molecule has 0 saturated carbocycles. The highest BCUT2D eigenvalue weighted by Gasteiger charge is 2.66. The van der Waals surface area contributed by atoms with Gasteiger partial charge in [0.25, 0.3) is 0 Å². The molecule has 0 fully saturated rings. The number of hydrazone groups is 1. The Balaban J connectivity index is 0.00000308. The van der Waals surface area contributed by atoms with Crippen LogP contribution in [-0.2, 0) is 5.54 Å². The van der Waals surface area contributed by atoms with Crippen LogP contribution in [0, 0.1) is 5.41 Å². The van der Waals surface area contributed by atoms with Gasteiger partial charge in [0, 0.05) is 0 Å². The lowest BCUT2D eigenvalue weighted by Gasteiger charge is -2.43. The fourth-order valence-corrected chi connectivity index (χ4v) is 10.9. The van der Waals surface area contributed by atoms with E-state index in [9.17, 15) is 0 Å². The summed E-state index contributed by atoms with van der Waals surface area (Å²) in [7, 11) is -2.36. The molecule has 39 heavy (non-hydrogen) atoms. The second kappa shape index (κ2) is 10.9. The fraction of sp³-hybridized carbons (Fsp3) is 0.114. The third-order valence-electron chi connectivity index (χ3n) is 7.99. The molecule has 0 atom stereocenters. The van der Waals surface area contributed by atoms with E-state index in [0.717, 1.165) is 0 Å². The van der Waals surface area contributed by atoms with E-state index in [2.05, 4.69) is 171 Å². The van der Waals surface area contributed by atoms with Crippen molar-refractivity contribution in [2.24, 2.45) is 10.5 Å². The summed E-state index contributed by atoms with van der Waals surface area (Å²) in [5.74, 6) is 0. The first-order valence-corrected chi connectivity index (χ1v) is 14.9. The zero-order chi connectivity index (χ0) is 26.1. The van der Waals surface area contributed by atoms with Crippen molar-refractivity contribution in [1.29, 1.82) is 0 Å². The van der Waals surface area contributed by atoms with Crippen LogP contribution < -0.4 is 21.3 Å². The minimum absolute atomic E-state index is 0. The largest absolute Gasteiger partial charge is 0.290 e. The number of benzene rings is 5. The van der Waals surface area contributed by atoms with E-state index in [0.29, 0.717) is 0 Å². The quantitative estimate of drug-likeness (QED) is 0.204. The first-order chi connectivity index (χ1) is 18.6. The van der Waals surface area contributed by atoms with Crippen molar-refractivity contribution < 1.29 is 0 Å². The van der Waals surface area contributed by atoms with Crippen molar-refractivity contribution in [2.45, 2.75) is 19.4 Å². The Hall–Kier alpha value is -3.52. The zero-order valence-electron chi connectivity index (χ0n) is 22.2. The van der Waals surface area contributed by atoms with E-state index in [-0.39, 0.29) is 22.4 Å². The topological polar surface area (TPSA) is 24.4 Å². The first kappa shape index (κ1) is 27.1. The zero-order valence-corrected chi connectivity index (χ0v) is 24.8. The van der Waals surface area contributed by atoms with Crippen molar-refractivity contribution in [2.75, 3.05) is 0 Å². The van der Waals surface area contributed by atoms with Gasteiger partial charge < -0.3 is 0 Å². The number of rotatable bonds is 6. The van der Waals surface area contributed by atoms with Gasteiger partial charge in [-0.05, 0) is 61.4 Å². The average molecular weight is 593 g/mol. The Morgan fingerprint density at radius 2 is 0.795 bits per heavy atom. The smallest absolute Gasteiger partial charge is 0.200 e. The normalized spacial score (nSPS) is 15.5. The molecular formula is C35H33BrN2P+. The summed E-state index contributed by atoms with van der Waals surface area (Å²) >= 11 is 0. The highest BCUT2D eigenvalue weighted by atomic mass is 79.9. The predicted molar refractivity (Wildman–Crippen MR) is 173 cm³/mol. The lowest BCUT2D eigenvalue weighted by Crippen LogP contribution is -2.52. The molecule has 2 nitrogen and oxygen atoms in total. The second-order valence-electron chi connectivity index (χ2n) is 10.3. The lowest BCUT2D eigenvalue weighted by molar-refractivity contribution is 0.274. The molecule has 0 saturated heterocycles. The van der Waals surface area contributed by atoms with Crippen LogP contribution in [0.15, 0.2) is 157 Å². The van der Waals surface area contributed by atoms with E-state index in [1.807, 2.05) is 0 Å². The monoisotopic (exact) mass is 591 g/mol. The molecule has 5 aromatic carbocycles. The third kappa shape index (κ3) is 4.16. The Bertz CT molecular complexity index is 1400. The predicted octanol–water partition coefficient (Wildman–Crippen LogP) is 7.45. The van der Waals surface area contributed by atoms with Gasteiger partial charge in [-0.1, -0.05) is 115 Å². The summed E-state index contributed by atoms with van der Waals surface area (Å²) in [5, 5.41) is 9.34. The maximum atomic E-state index is 5.41. The highest BCUT2D eigenvalue weighted by Crippen LogP contribution is 2.66. The molecule has 6 rings (SSSR count). The number of hydrogen-bond donors (Lipinski definition) is 1. The minimum Gasteiger partial charge on any atom is -0.290 e. The SMILES string of the molecule is Br.CC1(C)C([P+](c2ccccc2)(c2ccccc2)c2ccccc2)=NNC1(c1ccccc1)c1ccccc1. The second-order valence-corrected chi connectivity index (χ2v) is 13.6. The van der Waals surface area contributed by atoms with E-state index < -0.39 is 12.8 Å². The summed E-state index contributed by atoms with van der Waals surface area (Å²) in [6.45, 7) is 4.74. The van der Waals surface area contributed by atoms with Gasteiger partial charge in [-0.3, -0.25) is 5.43 Å². The van der Waals surface area contributed by atoms with Crippen molar-refractivity contribution >= 4 is 45.6 Å². The van der Waals surface area contributed by atoms with Gasteiger partial charge in [0.15, 0.2) is 7.26 Å². The molecule has 1 heterocycles. The van der Waals surface area contributed by atoms with Crippen molar-refractivity contribution in [1.82, 2.24) is 5.43 Å². The molecule has 1 aliphatic heterocycles. The Labute approximate surface area is 242 Å². The van der Waals surface area contributed by atoms with Gasteiger partial charge in [-0.15, -0.1) is 22.1 Å². The molecule has 0 unspecified atom stereocenters. The molecule has 1 aliphatic rings. The van der Waals surface area contributed by atoms with Crippen LogP contribution >= 0.6 is 24.2 Å². The first-order valence-electron chi connectivity index (χ1n) is 13.1. The summed E-state index contributed by atoms with van der Waals surface area (Å²) in [6, 6.07) is 54.6. The molecule has 0 bridgehead atoms. The Morgan fingerprint density at radius 1 is 0.487 bits per heavy atom. The number of nitrogens with zero attached hydrogens (tertiary/aromatic N) is 1. The van der Waals surface area contributed by atoms with Crippen molar-refractivity contribution in [3.8, 4) is 0 Å². The summed E-state index contributed by atoms with van der Waals surface area (Å²) < 4.78 is 0. The third-order valence-corrected chi connectivity index (χ3v) is 12.5. The number of hydrogen-bond acceptors (Lipinski definition) is 2. The van der Waals surface area contributed by atoms with Gasteiger partial charge in [0.2, 0.25) is 5.45 Å². The molecule has 0 radical (unpaired) electrons. The average Bonchev–Trinajstić information content (AvgIpc) is 3.27. The summed E-state index contributed by atoms with van der Waals surface area (Å²) in [6.07, 6.45) is 0. The van der Waals surface area contributed by atoms with Crippen LogP contribution in [0.3, 0.4) is 0 Å². The van der Waals surface area contributed by atoms with Crippen LogP contribution in [0.2, 0.25) is 0 Å². The minimum atomic E-state index is -2.36. The van der Waals surface area contributed by atoms with Crippen LogP contribution in [0.4, 0.5) is 0 Å². The van der Waals surface area contributed by atoms with Crippen LogP contribution in [-0.4, -0.2) is 5.45 Å². The Kier molecular flexibility index (Phi) is 7.58. The van der Waals surface area contributed by atoms with Gasteiger partial charge in [0.05, 0.1) is 5.41 Å². The van der Waals surface area contributed by atoms with Crippen molar-refractivity contribution in [3.05, 3.63) is 163 Å². The maximum Gasteiger partial charge on any atom is 0.200 e. The molecule has 0 aromatic heterocycles. The number of halogens is 1. The number of nitrogens with one attached hydrogen (secondary N) is 1. The van der Waals surface area contributed by atoms with E-state index in [1.165, 1.54) is 32.5 Å². The van der Waals surface area contributed by atoms with E-state index in [4.69, 9.17) is 5.10 Å². The van der Waals surface area contributed by atoms with Crippen LogP contribution in [0.25, 0.3) is 0 Å². The van der Waals surface area contributed by atoms with Crippen LogP contribution in [0.5, 0.6) is 0 Å². The molecule has 194 valence electrons. The molecule has 0 amide bonds. The lowest BCUT2D eigenvalue weighted by atomic mass is 9.66. The van der Waals surface area contributed by atoms with E-state index >= 15 is 0 Å². The van der Waals surface area contributed by atoms with Crippen molar-refractivity contribution in [3.63, 3.8) is 0 Å². The molecule has 5 aromatic rings. The van der Waals surface area contributed by atoms with E-state index in [1.54, 1.807) is 0 Å². The highest BCUT2D eigenvalue weighted by molar-refractivity contribution is 8.93.